The maximum Gasteiger partial charge on any atom is 0.223 e. The summed E-state index contributed by atoms with van der Waals surface area (Å²) in [5.41, 5.74) is 5.22. The van der Waals surface area contributed by atoms with Gasteiger partial charge in [-0.25, -0.2) is 14.4 Å². The Labute approximate surface area is 235 Å². The molecule has 214 valence electrons. The Morgan fingerprint density at radius 2 is 1.88 bits per heavy atom. The molecule has 3 aromatic rings. The predicted molar refractivity (Wildman–Crippen MR) is 153 cm³/mol. The number of aliphatic hydroxyl groups is 2. The number of hydrogen-bond donors (Lipinski definition) is 3. The Bertz CT molecular complexity index is 1370. The number of hydrogen-bond acceptors (Lipinski definition) is 8. The topological polar surface area (TPSA) is 104 Å². The maximum atomic E-state index is 15.2. The van der Waals surface area contributed by atoms with Crippen LogP contribution >= 0.6 is 0 Å². The molecule has 3 aliphatic rings. The van der Waals surface area contributed by atoms with Crippen molar-refractivity contribution in [1.29, 1.82) is 0 Å². The van der Waals surface area contributed by atoms with Crippen LogP contribution in [0.3, 0.4) is 0 Å². The van der Waals surface area contributed by atoms with Crippen molar-refractivity contribution in [3.8, 4) is 11.3 Å². The molecule has 0 amide bonds. The molecular formula is C31H40FN5O3. The molecule has 9 heteroatoms. The zero-order chi connectivity index (χ0) is 28.0. The van der Waals surface area contributed by atoms with Gasteiger partial charge in [-0.15, -0.1) is 0 Å². The zero-order valence-corrected chi connectivity index (χ0v) is 23.6. The number of anilines is 1. The summed E-state index contributed by atoms with van der Waals surface area (Å²) in [6, 6.07) is 4.40. The minimum Gasteiger partial charge on any atom is -0.393 e. The second-order valence-electron chi connectivity index (χ2n) is 12.1. The molecule has 5 heterocycles. The zero-order valence-electron chi connectivity index (χ0n) is 23.6. The molecule has 1 aromatic carbocycles. The first-order valence-corrected chi connectivity index (χ1v) is 14.7. The number of piperidine rings is 2. The van der Waals surface area contributed by atoms with E-state index in [0.29, 0.717) is 30.7 Å². The molecule has 0 radical (unpaired) electrons. The monoisotopic (exact) mass is 549 g/mol. The number of aliphatic hydroxyl groups excluding tert-OH is 2. The quantitative estimate of drug-likeness (QED) is 0.407. The van der Waals surface area contributed by atoms with Gasteiger partial charge in [0, 0.05) is 42.4 Å². The Morgan fingerprint density at radius 3 is 2.60 bits per heavy atom. The average Bonchev–Trinajstić information content (AvgIpc) is 2.92. The number of aromatic nitrogens is 3. The number of rotatable bonds is 6. The van der Waals surface area contributed by atoms with Crippen LogP contribution < -0.4 is 5.32 Å². The van der Waals surface area contributed by atoms with E-state index in [9.17, 15) is 10.2 Å². The lowest BCUT2D eigenvalue weighted by Gasteiger charge is -2.48. The summed E-state index contributed by atoms with van der Waals surface area (Å²) in [6.45, 7) is 8.04. The van der Waals surface area contributed by atoms with E-state index in [2.05, 4.69) is 34.0 Å². The van der Waals surface area contributed by atoms with Crippen LogP contribution in [0.15, 0.2) is 24.5 Å². The Hall–Kier alpha value is -2.72. The number of pyridine rings is 1. The summed E-state index contributed by atoms with van der Waals surface area (Å²) in [5.74, 6) is 0.0409. The number of nitrogens with zero attached hydrogens (tertiary/aromatic N) is 4. The third-order valence-electron chi connectivity index (χ3n) is 9.09. The number of aryl methyl sites for hydroxylation is 1. The van der Waals surface area contributed by atoms with Gasteiger partial charge >= 0.3 is 0 Å². The molecule has 0 saturated carbocycles. The van der Waals surface area contributed by atoms with Gasteiger partial charge in [0.1, 0.15) is 5.69 Å². The lowest BCUT2D eigenvalue weighted by molar-refractivity contribution is -0.0314. The van der Waals surface area contributed by atoms with E-state index in [4.69, 9.17) is 9.72 Å². The average molecular weight is 550 g/mol. The molecule has 0 aliphatic carbocycles. The molecule has 6 rings (SSSR count). The third kappa shape index (κ3) is 5.20. The maximum absolute atomic E-state index is 15.2. The lowest BCUT2D eigenvalue weighted by atomic mass is 9.82. The van der Waals surface area contributed by atoms with Crippen LogP contribution in [0.5, 0.6) is 0 Å². The van der Waals surface area contributed by atoms with Crippen LogP contribution in [0.2, 0.25) is 0 Å². The molecule has 8 nitrogen and oxygen atoms in total. The molecule has 3 saturated heterocycles. The highest BCUT2D eigenvalue weighted by atomic mass is 19.1. The van der Waals surface area contributed by atoms with Crippen molar-refractivity contribution in [3.63, 3.8) is 0 Å². The van der Waals surface area contributed by atoms with Crippen molar-refractivity contribution in [1.82, 2.24) is 19.9 Å². The fourth-order valence-electron chi connectivity index (χ4n) is 7.15. The Morgan fingerprint density at radius 1 is 1.10 bits per heavy atom. The van der Waals surface area contributed by atoms with Crippen LogP contribution in [0.4, 0.5) is 10.3 Å². The number of halogens is 1. The lowest BCUT2D eigenvalue weighted by Crippen LogP contribution is -2.52. The highest BCUT2D eigenvalue weighted by Crippen LogP contribution is 2.39. The first-order chi connectivity index (χ1) is 19.3. The van der Waals surface area contributed by atoms with Gasteiger partial charge in [-0.1, -0.05) is 26.3 Å². The normalized spacial score (nSPS) is 27.3. The van der Waals surface area contributed by atoms with Crippen molar-refractivity contribution in [2.75, 3.05) is 18.5 Å². The fraction of sp³-hybridized carbons (Fsp3) is 0.581. The van der Waals surface area contributed by atoms with Gasteiger partial charge in [-0.3, -0.25) is 9.88 Å². The molecule has 2 aromatic heterocycles. The summed E-state index contributed by atoms with van der Waals surface area (Å²) in [6.07, 6.45) is 8.12. The highest BCUT2D eigenvalue weighted by molar-refractivity contribution is 5.92. The van der Waals surface area contributed by atoms with Crippen molar-refractivity contribution in [3.05, 3.63) is 47.0 Å². The summed E-state index contributed by atoms with van der Waals surface area (Å²) in [7, 11) is 0. The molecular weight excluding hydrogens is 509 g/mol. The van der Waals surface area contributed by atoms with E-state index in [1.54, 1.807) is 0 Å². The predicted octanol–water partition coefficient (Wildman–Crippen LogP) is 4.70. The molecule has 3 aliphatic heterocycles. The van der Waals surface area contributed by atoms with Crippen LogP contribution in [0.25, 0.3) is 22.2 Å². The van der Waals surface area contributed by atoms with Crippen LogP contribution in [0.1, 0.15) is 75.0 Å². The molecule has 3 fully saturated rings. The third-order valence-corrected chi connectivity index (χ3v) is 9.09. The van der Waals surface area contributed by atoms with Gasteiger partial charge in [-0.2, -0.15) is 0 Å². The van der Waals surface area contributed by atoms with Gasteiger partial charge in [0.2, 0.25) is 5.95 Å². The van der Waals surface area contributed by atoms with E-state index in [1.165, 1.54) is 23.7 Å². The largest absolute Gasteiger partial charge is 0.393 e. The second-order valence-corrected chi connectivity index (χ2v) is 12.1. The van der Waals surface area contributed by atoms with E-state index in [-0.39, 0.29) is 36.3 Å². The van der Waals surface area contributed by atoms with Gasteiger partial charge in [0.15, 0.2) is 5.82 Å². The van der Waals surface area contributed by atoms with Gasteiger partial charge in [-0.05, 0) is 67.7 Å². The van der Waals surface area contributed by atoms with Gasteiger partial charge in [0.25, 0.3) is 0 Å². The van der Waals surface area contributed by atoms with Crippen molar-refractivity contribution < 1.29 is 19.3 Å². The summed E-state index contributed by atoms with van der Waals surface area (Å²) in [4.78, 5) is 16.2. The first-order valence-electron chi connectivity index (χ1n) is 14.7. The van der Waals surface area contributed by atoms with Crippen molar-refractivity contribution >= 4 is 16.9 Å². The van der Waals surface area contributed by atoms with Crippen LogP contribution in [-0.4, -0.2) is 73.6 Å². The minimum atomic E-state index is -0.672. The minimum absolute atomic E-state index is 0.201. The summed E-state index contributed by atoms with van der Waals surface area (Å²) in [5, 5.41) is 24.9. The van der Waals surface area contributed by atoms with Gasteiger partial charge in [0.05, 0.1) is 36.6 Å². The summed E-state index contributed by atoms with van der Waals surface area (Å²) < 4.78 is 20.6. The van der Waals surface area contributed by atoms with E-state index in [1.807, 2.05) is 25.3 Å². The first kappa shape index (κ1) is 27.4. The summed E-state index contributed by atoms with van der Waals surface area (Å²) >= 11 is 0. The molecule has 0 spiro atoms. The Kier molecular flexibility index (Phi) is 7.74. The highest BCUT2D eigenvalue weighted by Gasteiger charge is 2.38. The number of ether oxygens (including phenoxy) is 1. The van der Waals surface area contributed by atoms with Crippen molar-refractivity contribution in [2.24, 2.45) is 0 Å². The SMILES string of the molecule is Cc1c(-c2nc(N[C@@H]3CCOC[C@H]3O)ncc2F)ccc2ncc(CN3C4CCCC3CC(O)C4)c(C(C)C)c12. The van der Waals surface area contributed by atoms with E-state index in [0.717, 1.165) is 48.7 Å². The molecule has 2 bridgehead atoms. The fourth-order valence-corrected chi connectivity index (χ4v) is 7.15. The van der Waals surface area contributed by atoms with E-state index < -0.39 is 11.9 Å². The number of benzene rings is 1. The molecule has 4 atom stereocenters. The number of fused-ring (bicyclic) bond motifs is 3. The van der Waals surface area contributed by atoms with Gasteiger partial charge < -0.3 is 20.3 Å². The van der Waals surface area contributed by atoms with Crippen molar-refractivity contribution in [2.45, 2.75) is 102 Å². The Balaban J connectivity index is 1.38. The molecule has 40 heavy (non-hydrogen) atoms. The van der Waals surface area contributed by atoms with E-state index >= 15 is 4.39 Å². The second kappa shape index (κ2) is 11.3. The van der Waals surface area contributed by atoms with Crippen LogP contribution in [0, 0.1) is 12.7 Å². The number of nitrogens with one attached hydrogen (secondary N) is 1. The molecule has 2 unspecified atom stereocenters. The standard InChI is InChI=1S/C31H40FN5O3/c1-17(2)28-19(15-37-20-5-4-6-21(37)12-22(38)11-20)13-33-26-8-7-23(18(3)29(26)28)30-24(32)14-34-31(36-30)35-25-9-10-40-16-27(25)39/h7-8,13-14,17,20-22,25,27,38-39H,4-6,9-12,15-16H2,1-3H3,(H,34,35,36)/t20?,21?,22?,25-,27-/m1/s1. The molecule has 3 N–H and O–H groups in total. The van der Waals surface area contributed by atoms with Crippen LogP contribution in [-0.2, 0) is 11.3 Å². The smallest absolute Gasteiger partial charge is 0.223 e.